The molecule has 5 nitrogen and oxygen atoms in total. The molecule has 0 aliphatic carbocycles. The molecular weight excluding hydrogens is 336 g/mol. The lowest BCUT2D eigenvalue weighted by Crippen LogP contribution is -2.11. The minimum Gasteiger partial charge on any atom is -0.427 e. The van der Waals surface area contributed by atoms with Crippen molar-refractivity contribution in [2.45, 2.75) is 13.8 Å². The lowest BCUT2D eigenvalue weighted by atomic mass is 10.0. The molecule has 0 saturated heterocycles. The molecule has 6 heteroatoms. The van der Waals surface area contributed by atoms with Crippen molar-refractivity contribution in [2.75, 3.05) is 5.32 Å². The highest BCUT2D eigenvalue weighted by atomic mass is 32.1. The Labute approximate surface area is 149 Å². The van der Waals surface area contributed by atoms with Crippen LogP contribution >= 0.6 is 11.3 Å². The number of carbonyl (C=O) groups excluding carboxylic acids is 2. The van der Waals surface area contributed by atoms with Gasteiger partial charge >= 0.3 is 5.97 Å². The van der Waals surface area contributed by atoms with E-state index < -0.39 is 0 Å². The summed E-state index contributed by atoms with van der Waals surface area (Å²) in [6.07, 6.45) is 1.72. The van der Waals surface area contributed by atoms with Gasteiger partial charge in [-0.05, 0) is 42.3 Å². The monoisotopic (exact) mass is 352 g/mol. The highest BCUT2D eigenvalue weighted by Gasteiger charge is 2.10. The van der Waals surface area contributed by atoms with E-state index >= 15 is 0 Å². The van der Waals surface area contributed by atoms with Gasteiger partial charge in [-0.2, -0.15) is 0 Å². The molecule has 1 amide bonds. The Morgan fingerprint density at radius 3 is 2.48 bits per heavy atom. The molecule has 0 fully saturated rings. The molecule has 3 rings (SSSR count). The SMILES string of the molecule is CC(=O)Oc1ccc(-c2cccc(C(=O)Nc3ncc(C)s3)c2)cc1. The minimum atomic E-state index is -0.358. The predicted octanol–water partition coefficient (Wildman–Crippen LogP) is 4.30. The van der Waals surface area contributed by atoms with Gasteiger partial charge in [-0.25, -0.2) is 4.98 Å². The molecule has 0 aliphatic rings. The third-order valence-corrected chi connectivity index (χ3v) is 4.24. The number of aromatic nitrogens is 1. The number of nitrogens with one attached hydrogen (secondary N) is 1. The first-order valence-electron chi connectivity index (χ1n) is 7.64. The lowest BCUT2D eigenvalue weighted by molar-refractivity contribution is -0.131. The molecule has 0 unspecified atom stereocenters. The van der Waals surface area contributed by atoms with Crippen molar-refractivity contribution in [3.8, 4) is 16.9 Å². The first-order chi connectivity index (χ1) is 12.0. The van der Waals surface area contributed by atoms with E-state index in [4.69, 9.17) is 4.74 Å². The molecule has 0 radical (unpaired) electrons. The zero-order valence-corrected chi connectivity index (χ0v) is 14.6. The summed E-state index contributed by atoms with van der Waals surface area (Å²) in [6, 6.07) is 14.5. The van der Waals surface area contributed by atoms with Gasteiger partial charge in [0.1, 0.15) is 5.75 Å². The van der Waals surface area contributed by atoms with E-state index in [1.807, 2.05) is 37.3 Å². The number of ether oxygens (including phenoxy) is 1. The van der Waals surface area contributed by atoms with Gasteiger partial charge in [0.25, 0.3) is 5.91 Å². The Balaban J connectivity index is 1.78. The average molecular weight is 352 g/mol. The summed E-state index contributed by atoms with van der Waals surface area (Å²) in [7, 11) is 0. The maximum atomic E-state index is 12.4. The van der Waals surface area contributed by atoms with E-state index in [0.29, 0.717) is 16.4 Å². The number of hydrogen-bond acceptors (Lipinski definition) is 5. The van der Waals surface area contributed by atoms with Gasteiger partial charge in [-0.15, -0.1) is 11.3 Å². The van der Waals surface area contributed by atoms with E-state index in [1.54, 1.807) is 24.4 Å². The van der Waals surface area contributed by atoms with Crippen LogP contribution in [0.3, 0.4) is 0 Å². The second-order valence-electron chi connectivity index (χ2n) is 5.43. The van der Waals surface area contributed by atoms with Crippen LogP contribution in [0.4, 0.5) is 5.13 Å². The fourth-order valence-corrected chi connectivity index (χ4v) is 2.96. The number of thiazole rings is 1. The molecule has 0 aliphatic heterocycles. The average Bonchev–Trinajstić information content (AvgIpc) is 3.00. The van der Waals surface area contributed by atoms with Crippen molar-refractivity contribution >= 4 is 28.3 Å². The number of carbonyl (C=O) groups is 2. The highest BCUT2D eigenvalue weighted by Crippen LogP contribution is 2.24. The Morgan fingerprint density at radius 1 is 1.08 bits per heavy atom. The van der Waals surface area contributed by atoms with E-state index in [-0.39, 0.29) is 11.9 Å². The van der Waals surface area contributed by atoms with Gasteiger partial charge < -0.3 is 4.74 Å². The van der Waals surface area contributed by atoms with Crippen LogP contribution in [0, 0.1) is 6.92 Å². The first kappa shape index (κ1) is 16.9. The zero-order valence-electron chi connectivity index (χ0n) is 13.8. The number of anilines is 1. The number of aryl methyl sites for hydroxylation is 1. The van der Waals surface area contributed by atoms with Crippen molar-refractivity contribution in [3.63, 3.8) is 0 Å². The number of rotatable bonds is 4. The standard InChI is InChI=1S/C19H16N2O3S/c1-12-11-20-19(25-12)21-18(23)16-5-3-4-15(10-16)14-6-8-17(9-7-14)24-13(2)22/h3-11H,1-2H3,(H,20,21,23). The summed E-state index contributed by atoms with van der Waals surface area (Å²) in [5.74, 6) is -0.0686. The summed E-state index contributed by atoms with van der Waals surface area (Å²) < 4.78 is 5.03. The number of amides is 1. The van der Waals surface area contributed by atoms with Crippen molar-refractivity contribution in [1.82, 2.24) is 4.98 Å². The maximum absolute atomic E-state index is 12.4. The normalized spacial score (nSPS) is 10.3. The van der Waals surface area contributed by atoms with Crippen molar-refractivity contribution in [1.29, 1.82) is 0 Å². The number of hydrogen-bond donors (Lipinski definition) is 1. The molecule has 1 heterocycles. The van der Waals surface area contributed by atoms with Gasteiger partial charge in [0.05, 0.1) is 0 Å². The van der Waals surface area contributed by atoms with Crippen LogP contribution in [0.15, 0.2) is 54.7 Å². The van der Waals surface area contributed by atoms with Crippen LogP contribution in [0.2, 0.25) is 0 Å². The Bertz CT molecular complexity index is 916. The van der Waals surface area contributed by atoms with E-state index in [9.17, 15) is 9.59 Å². The zero-order chi connectivity index (χ0) is 17.8. The second kappa shape index (κ2) is 7.27. The quantitative estimate of drug-likeness (QED) is 0.562. The molecule has 126 valence electrons. The van der Waals surface area contributed by atoms with Crippen LogP contribution in [0.5, 0.6) is 5.75 Å². The van der Waals surface area contributed by atoms with E-state index in [0.717, 1.165) is 16.0 Å². The largest absolute Gasteiger partial charge is 0.427 e. The van der Waals surface area contributed by atoms with Gasteiger partial charge in [-0.3, -0.25) is 14.9 Å². The molecule has 0 spiro atoms. The molecule has 2 aromatic carbocycles. The fourth-order valence-electron chi connectivity index (χ4n) is 2.30. The molecule has 1 aromatic heterocycles. The lowest BCUT2D eigenvalue weighted by Gasteiger charge is -2.07. The molecule has 25 heavy (non-hydrogen) atoms. The summed E-state index contributed by atoms with van der Waals surface area (Å²) in [4.78, 5) is 28.5. The predicted molar refractivity (Wildman–Crippen MR) is 98.0 cm³/mol. The van der Waals surface area contributed by atoms with Crippen molar-refractivity contribution in [2.24, 2.45) is 0 Å². The van der Waals surface area contributed by atoms with E-state index in [2.05, 4.69) is 10.3 Å². The molecule has 0 bridgehead atoms. The van der Waals surface area contributed by atoms with Crippen LogP contribution in [0.1, 0.15) is 22.2 Å². The molecular formula is C19H16N2O3S. The van der Waals surface area contributed by atoms with Gasteiger partial charge in [0.15, 0.2) is 5.13 Å². The smallest absolute Gasteiger partial charge is 0.308 e. The second-order valence-corrected chi connectivity index (χ2v) is 6.66. The van der Waals surface area contributed by atoms with E-state index in [1.165, 1.54) is 18.3 Å². The summed E-state index contributed by atoms with van der Waals surface area (Å²) in [5, 5.41) is 3.38. The topological polar surface area (TPSA) is 68.3 Å². The molecule has 0 saturated carbocycles. The first-order valence-corrected chi connectivity index (χ1v) is 8.45. The number of benzene rings is 2. The van der Waals surface area contributed by atoms with Crippen LogP contribution in [-0.4, -0.2) is 16.9 Å². The summed E-state index contributed by atoms with van der Waals surface area (Å²) >= 11 is 1.43. The van der Waals surface area contributed by atoms with Crippen molar-refractivity contribution in [3.05, 3.63) is 65.2 Å². The number of nitrogens with zero attached hydrogens (tertiary/aromatic N) is 1. The maximum Gasteiger partial charge on any atom is 0.308 e. The Hall–Kier alpha value is -2.99. The Kier molecular flexibility index (Phi) is 4.90. The summed E-state index contributed by atoms with van der Waals surface area (Å²) in [5.41, 5.74) is 2.38. The van der Waals surface area contributed by atoms with Gasteiger partial charge in [0.2, 0.25) is 0 Å². The molecule has 3 aromatic rings. The molecule has 1 N–H and O–H groups in total. The van der Waals surface area contributed by atoms with Crippen LogP contribution in [0.25, 0.3) is 11.1 Å². The third kappa shape index (κ3) is 4.30. The Morgan fingerprint density at radius 2 is 1.84 bits per heavy atom. The van der Waals surface area contributed by atoms with Gasteiger partial charge in [0, 0.05) is 23.6 Å². The number of esters is 1. The fraction of sp³-hybridized carbons (Fsp3) is 0.105. The van der Waals surface area contributed by atoms with Crippen molar-refractivity contribution < 1.29 is 14.3 Å². The summed E-state index contributed by atoms with van der Waals surface area (Å²) in [6.45, 7) is 3.30. The van der Waals surface area contributed by atoms with Crippen LogP contribution < -0.4 is 10.1 Å². The third-order valence-electron chi connectivity index (χ3n) is 3.42. The van der Waals surface area contributed by atoms with Crippen LogP contribution in [-0.2, 0) is 4.79 Å². The van der Waals surface area contributed by atoms with Gasteiger partial charge in [-0.1, -0.05) is 24.3 Å². The minimum absolute atomic E-state index is 0.201. The highest BCUT2D eigenvalue weighted by molar-refractivity contribution is 7.15. The molecule has 0 atom stereocenters.